The Balaban J connectivity index is 1.81. The number of hydrogen-bond donors (Lipinski definition) is 1. The van der Waals surface area contributed by atoms with Gasteiger partial charge in [-0.2, -0.15) is 0 Å². The monoisotopic (exact) mass is 375 g/mol. The predicted molar refractivity (Wildman–Crippen MR) is 104 cm³/mol. The number of nitrogens with one attached hydrogen (secondary N) is 1. The molecule has 1 fully saturated rings. The van der Waals surface area contributed by atoms with Crippen LogP contribution >= 0.6 is 0 Å². The van der Waals surface area contributed by atoms with Crippen molar-refractivity contribution in [2.75, 3.05) is 20.8 Å². The summed E-state index contributed by atoms with van der Waals surface area (Å²) in [5, 5.41) is 2.99. The molecule has 27 heavy (non-hydrogen) atoms. The first-order valence-electron chi connectivity index (χ1n) is 9.30. The van der Waals surface area contributed by atoms with E-state index in [1.165, 1.54) is 12.5 Å². The Morgan fingerprint density at radius 2 is 1.89 bits per heavy atom. The lowest BCUT2D eigenvalue weighted by atomic mass is 9.78. The molecule has 6 heteroatoms. The first-order valence-corrected chi connectivity index (χ1v) is 9.30. The molecule has 0 radical (unpaired) electrons. The zero-order valence-electron chi connectivity index (χ0n) is 16.5. The van der Waals surface area contributed by atoms with Crippen molar-refractivity contribution < 1.29 is 23.8 Å². The van der Waals surface area contributed by atoms with Gasteiger partial charge in [-0.25, -0.2) is 4.79 Å². The van der Waals surface area contributed by atoms with Crippen molar-refractivity contribution in [3.63, 3.8) is 0 Å². The minimum absolute atomic E-state index is 0.155. The van der Waals surface area contributed by atoms with Crippen LogP contribution in [0.3, 0.4) is 0 Å². The lowest BCUT2D eigenvalue weighted by Gasteiger charge is -2.34. The highest BCUT2D eigenvalue weighted by molar-refractivity contribution is 5.89. The van der Waals surface area contributed by atoms with Crippen LogP contribution in [0.2, 0.25) is 0 Å². The van der Waals surface area contributed by atoms with Gasteiger partial charge in [0.25, 0.3) is 5.91 Å². The van der Waals surface area contributed by atoms with Crippen LogP contribution in [0.1, 0.15) is 38.7 Å². The average Bonchev–Trinajstić information content (AvgIpc) is 2.68. The molecule has 2 rings (SSSR count). The van der Waals surface area contributed by atoms with Gasteiger partial charge in [0.05, 0.1) is 14.2 Å². The molecule has 0 aliphatic heterocycles. The van der Waals surface area contributed by atoms with E-state index in [9.17, 15) is 9.59 Å². The van der Waals surface area contributed by atoms with Crippen molar-refractivity contribution in [1.29, 1.82) is 0 Å². The van der Waals surface area contributed by atoms with E-state index in [1.54, 1.807) is 38.5 Å². The summed E-state index contributed by atoms with van der Waals surface area (Å²) in [6, 6.07) is 5.45. The molecule has 0 unspecified atom stereocenters. The van der Waals surface area contributed by atoms with E-state index in [0.717, 1.165) is 18.4 Å². The number of carbonyl (C=O) groups is 2. The molecule has 1 N–H and O–H groups in total. The Labute approximate surface area is 160 Å². The molecule has 1 aliphatic carbocycles. The smallest absolute Gasteiger partial charge is 0.331 e. The first-order chi connectivity index (χ1) is 12.9. The van der Waals surface area contributed by atoms with Crippen LogP contribution in [0.5, 0.6) is 11.5 Å². The number of carbonyl (C=O) groups excluding carboxylic acids is 2. The maximum atomic E-state index is 12.1. The number of methoxy groups -OCH3 is 2. The van der Waals surface area contributed by atoms with Gasteiger partial charge < -0.3 is 19.5 Å². The third-order valence-electron chi connectivity index (χ3n) is 5.22. The van der Waals surface area contributed by atoms with E-state index < -0.39 is 5.97 Å². The fraction of sp³-hybridized carbons (Fsp3) is 0.524. The molecule has 0 bridgehead atoms. The summed E-state index contributed by atoms with van der Waals surface area (Å²) >= 11 is 0. The third-order valence-corrected chi connectivity index (χ3v) is 5.22. The van der Waals surface area contributed by atoms with Crippen molar-refractivity contribution in [1.82, 2.24) is 5.32 Å². The third kappa shape index (κ3) is 6.01. The van der Waals surface area contributed by atoms with Crippen molar-refractivity contribution in [3.05, 3.63) is 29.8 Å². The van der Waals surface area contributed by atoms with Gasteiger partial charge in [0.1, 0.15) is 0 Å². The SMILES string of the molecule is COc1ccc(/C=C/C(=O)OCC(=O)N[C@@H]2CCC[C@H](C)[C@@H]2C)cc1OC. The standard InChI is InChI=1S/C21H29NO5/c1-14-6-5-7-17(15(14)2)22-20(23)13-27-21(24)11-9-16-8-10-18(25-3)19(12-16)26-4/h8-12,14-15,17H,5-7,13H2,1-4H3,(H,22,23)/b11-9+/t14-,15-,17+/m0/s1. The van der Waals surface area contributed by atoms with Crippen LogP contribution in [0.4, 0.5) is 0 Å². The zero-order chi connectivity index (χ0) is 19.8. The average molecular weight is 375 g/mol. The molecule has 1 aromatic carbocycles. The lowest BCUT2D eigenvalue weighted by Crippen LogP contribution is -2.45. The molecule has 6 nitrogen and oxygen atoms in total. The summed E-state index contributed by atoms with van der Waals surface area (Å²) in [6.45, 7) is 4.10. The fourth-order valence-corrected chi connectivity index (χ4v) is 3.34. The van der Waals surface area contributed by atoms with E-state index in [-0.39, 0.29) is 18.6 Å². The highest BCUT2D eigenvalue weighted by Crippen LogP contribution is 2.29. The minimum Gasteiger partial charge on any atom is -0.493 e. The molecular weight excluding hydrogens is 346 g/mol. The summed E-state index contributed by atoms with van der Waals surface area (Å²) in [6.07, 6.45) is 6.19. The van der Waals surface area contributed by atoms with Crippen LogP contribution in [-0.2, 0) is 14.3 Å². The molecule has 1 aliphatic rings. The van der Waals surface area contributed by atoms with Crippen molar-refractivity contribution in [2.24, 2.45) is 11.8 Å². The van der Waals surface area contributed by atoms with Gasteiger partial charge in [-0.1, -0.05) is 32.8 Å². The quantitative estimate of drug-likeness (QED) is 0.585. The van der Waals surface area contributed by atoms with Crippen LogP contribution in [0.25, 0.3) is 6.08 Å². The zero-order valence-corrected chi connectivity index (χ0v) is 16.5. The largest absolute Gasteiger partial charge is 0.493 e. The Morgan fingerprint density at radius 1 is 1.15 bits per heavy atom. The second-order valence-electron chi connectivity index (χ2n) is 7.00. The highest BCUT2D eigenvalue weighted by Gasteiger charge is 2.28. The first kappa shape index (κ1) is 20.8. The van der Waals surface area contributed by atoms with Gasteiger partial charge >= 0.3 is 5.97 Å². The molecule has 1 aromatic rings. The van der Waals surface area contributed by atoms with Crippen molar-refractivity contribution in [3.8, 4) is 11.5 Å². The molecule has 3 atom stereocenters. The number of esters is 1. The van der Waals surface area contributed by atoms with Gasteiger partial charge in [0, 0.05) is 12.1 Å². The number of benzene rings is 1. The highest BCUT2D eigenvalue weighted by atomic mass is 16.5. The van der Waals surface area contributed by atoms with E-state index in [0.29, 0.717) is 23.3 Å². The molecule has 0 heterocycles. The molecule has 148 valence electrons. The number of amides is 1. The second-order valence-corrected chi connectivity index (χ2v) is 7.00. The van der Waals surface area contributed by atoms with Gasteiger partial charge in [-0.15, -0.1) is 0 Å². The minimum atomic E-state index is -0.565. The number of ether oxygens (including phenoxy) is 3. The van der Waals surface area contributed by atoms with Crippen LogP contribution < -0.4 is 14.8 Å². The molecule has 0 spiro atoms. The van der Waals surface area contributed by atoms with E-state index in [2.05, 4.69) is 19.2 Å². The Morgan fingerprint density at radius 3 is 2.59 bits per heavy atom. The summed E-state index contributed by atoms with van der Waals surface area (Å²) in [4.78, 5) is 23.9. The molecular formula is C21H29NO5. The van der Waals surface area contributed by atoms with E-state index >= 15 is 0 Å². The second kappa shape index (κ2) is 10.00. The normalized spacial score (nSPS) is 22.3. The Bertz CT molecular complexity index is 685. The van der Waals surface area contributed by atoms with Crippen LogP contribution in [-0.4, -0.2) is 38.7 Å². The summed E-state index contributed by atoms with van der Waals surface area (Å²) < 4.78 is 15.4. The summed E-state index contributed by atoms with van der Waals surface area (Å²) in [5.74, 6) is 1.39. The van der Waals surface area contributed by atoms with Gasteiger partial charge in [-0.3, -0.25) is 4.79 Å². The molecule has 1 amide bonds. The number of rotatable bonds is 7. The summed E-state index contributed by atoms with van der Waals surface area (Å²) in [5.41, 5.74) is 0.763. The fourth-order valence-electron chi connectivity index (χ4n) is 3.34. The molecule has 0 aromatic heterocycles. The van der Waals surface area contributed by atoms with E-state index in [4.69, 9.17) is 14.2 Å². The maximum absolute atomic E-state index is 12.1. The maximum Gasteiger partial charge on any atom is 0.331 e. The van der Waals surface area contributed by atoms with Gasteiger partial charge in [0.2, 0.25) is 0 Å². The van der Waals surface area contributed by atoms with Crippen LogP contribution in [0, 0.1) is 11.8 Å². The number of hydrogen-bond acceptors (Lipinski definition) is 5. The van der Waals surface area contributed by atoms with E-state index in [1.807, 2.05) is 0 Å². The topological polar surface area (TPSA) is 73.9 Å². The lowest BCUT2D eigenvalue weighted by molar-refractivity contribution is -0.144. The molecule has 0 saturated heterocycles. The molecule has 1 saturated carbocycles. The predicted octanol–water partition coefficient (Wildman–Crippen LogP) is 3.20. The van der Waals surface area contributed by atoms with Gasteiger partial charge in [-0.05, 0) is 42.0 Å². The summed E-state index contributed by atoms with van der Waals surface area (Å²) in [7, 11) is 3.11. The Kier molecular flexibility index (Phi) is 7.70. The Hall–Kier alpha value is -2.50. The van der Waals surface area contributed by atoms with Crippen LogP contribution in [0.15, 0.2) is 24.3 Å². The van der Waals surface area contributed by atoms with Gasteiger partial charge in [0.15, 0.2) is 18.1 Å². The van der Waals surface area contributed by atoms with Crippen molar-refractivity contribution >= 4 is 18.0 Å². The van der Waals surface area contributed by atoms with Crippen molar-refractivity contribution in [2.45, 2.75) is 39.2 Å².